The van der Waals surface area contributed by atoms with Crippen molar-refractivity contribution in [3.63, 3.8) is 0 Å². The highest BCUT2D eigenvalue weighted by atomic mass is 15.2. The van der Waals surface area contributed by atoms with E-state index >= 15 is 0 Å². The van der Waals surface area contributed by atoms with Gasteiger partial charge in [-0.15, -0.1) is 0 Å². The maximum Gasteiger partial charge on any atom is 0.0346 e. The number of rotatable bonds is 4. The third kappa shape index (κ3) is 3.03. The molecule has 1 atom stereocenters. The van der Waals surface area contributed by atoms with Crippen LogP contribution in [0.1, 0.15) is 24.0 Å². The molecule has 0 aromatic heterocycles. The molecule has 3 nitrogen and oxygen atoms in total. The third-order valence-electron chi connectivity index (χ3n) is 3.94. The lowest BCUT2D eigenvalue weighted by molar-refractivity contribution is 0.201. The van der Waals surface area contributed by atoms with Crippen molar-refractivity contribution in [2.24, 2.45) is 0 Å². The summed E-state index contributed by atoms with van der Waals surface area (Å²) in [6.45, 7) is 5.53. The number of hydrogen-bond acceptors (Lipinski definition) is 3. The molecule has 1 aromatic carbocycles. The topological polar surface area (TPSA) is 32.5 Å². The van der Waals surface area contributed by atoms with Gasteiger partial charge in [0.1, 0.15) is 0 Å². The molecule has 0 radical (unpaired) electrons. The summed E-state index contributed by atoms with van der Waals surface area (Å²) in [5.74, 6) is 0. The zero-order chi connectivity index (χ0) is 13.1. The molecule has 1 fully saturated rings. The molecule has 2 rings (SSSR count). The fraction of sp³-hybridized carbons (Fsp3) is 0.600. The van der Waals surface area contributed by atoms with E-state index in [4.69, 9.17) is 5.73 Å². The van der Waals surface area contributed by atoms with E-state index in [1.54, 1.807) is 0 Å². The first-order chi connectivity index (χ1) is 8.58. The summed E-state index contributed by atoms with van der Waals surface area (Å²) in [6.07, 6.45) is 2.64. The van der Waals surface area contributed by atoms with Crippen LogP contribution < -0.4 is 5.73 Å². The predicted molar refractivity (Wildman–Crippen MR) is 77.6 cm³/mol. The van der Waals surface area contributed by atoms with Gasteiger partial charge in [-0.05, 0) is 57.6 Å². The normalized spacial score (nSPS) is 20.8. The van der Waals surface area contributed by atoms with Gasteiger partial charge in [-0.2, -0.15) is 0 Å². The van der Waals surface area contributed by atoms with E-state index in [0.29, 0.717) is 6.04 Å². The minimum Gasteiger partial charge on any atom is -0.399 e. The number of hydrogen-bond donors (Lipinski definition) is 1. The van der Waals surface area contributed by atoms with E-state index in [0.717, 1.165) is 18.8 Å². The summed E-state index contributed by atoms with van der Waals surface area (Å²) in [4.78, 5) is 4.89. The molecule has 100 valence electrons. The molecule has 1 aromatic rings. The van der Waals surface area contributed by atoms with Crippen molar-refractivity contribution in [3.8, 4) is 0 Å². The van der Waals surface area contributed by atoms with E-state index < -0.39 is 0 Å². The van der Waals surface area contributed by atoms with Crippen LogP contribution in [-0.4, -0.2) is 43.0 Å². The Kier molecular flexibility index (Phi) is 4.25. The Morgan fingerprint density at radius 3 is 2.89 bits per heavy atom. The number of nitrogens with two attached hydrogens (primary N) is 1. The first-order valence-electron chi connectivity index (χ1n) is 6.80. The molecule has 0 saturated carbocycles. The van der Waals surface area contributed by atoms with Crippen molar-refractivity contribution >= 4 is 5.69 Å². The number of likely N-dealkylation sites (tertiary alicyclic amines) is 1. The molecule has 1 aliphatic heterocycles. The van der Waals surface area contributed by atoms with E-state index in [9.17, 15) is 0 Å². The standard InChI is InChI=1S/C15H25N3/c1-12-13(6-4-8-15(12)16)10-18-9-5-7-14(18)11-17(2)3/h4,6,8,14H,5,7,9-11,16H2,1-3H3. The number of likely N-dealkylation sites (N-methyl/N-ethyl adjacent to an activating group) is 1. The summed E-state index contributed by atoms with van der Waals surface area (Å²) in [5, 5.41) is 0. The third-order valence-corrected chi connectivity index (χ3v) is 3.94. The smallest absolute Gasteiger partial charge is 0.0346 e. The van der Waals surface area contributed by atoms with Crippen molar-refractivity contribution in [2.75, 3.05) is 32.9 Å². The average molecular weight is 247 g/mol. The molecule has 0 aliphatic carbocycles. The van der Waals surface area contributed by atoms with Crippen LogP contribution in [0.15, 0.2) is 18.2 Å². The Labute approximate surface area is 111 Å². The fourth-order valence-electron chi connectivity index (χ4n) is 2.82. The summed E-state index contributed by atoms with van der Waals surface area (Å²) in [6, 6.07) is 6.95. The lowest BCUT2D eigenvalue weighted by Gasteiger charge is -2.27. The number of benzene rings is 1. The quantitative estimate of drug-likeness (QED) is 0.827. The first kappa shape index (κ1) is 13.4. The van der Waals surface area contributed by atoms with Crippen molar-refractivity contribution in [1.29, 1.82) is 0 Å². The van der Waals surface area contributed by atoms with Crippen LogP contribution in [0.25, 0.3) is 0 Å². The minimum absolute atomic E-state index is 0.695. The van der Waals surface area contributed by atoms with Gasteiger partial charge in [-0.3, -0.25) is 4.90 Å². The molecule has 3 heteroatoms. The van der Waals surface area contributed by atoms with Crippen molar-refractivity contribution in [1.82, 2.24) is 9.80 Å². The van der Waals surface area contributed by atoms with Crippen molar-refractivity contribution in [3.05, 3.63) is 29.3 Å². The summed E-state index contributed by atoms with van der Waals surface area (Å²) in [5.41, 5.74) is 9.52. The molecule has 1 aliphatic rings. The van der Waals surface area contributed by atoms with Crippen LogP contribution in [0, 0.1) is 6.92 Å². The molecule has 1 saturated heterocycles. The molecule has 0 bridgehead atoms. The zero-order valence-electron chi connectivity index (χ0n) is 11.8. The summed E-state index contributed by atoms with van der Waals surface area (Å²) < 4.78 is 0. The van der Waals surface area contributed by atoms with Gasteiger partial charge in [0.25, 0.3) is 0 Å². The SMILES string of the molecule is Cc1c(N)cccc1CN1CCCC1CN(C)C. The highest BCUT2D eigenvalue weighted by Crippen LogP contribution is 2.23. The van der Waals surface area contributed by atoms with Crippen molar-refractivity contribution < 1.29 is 0 Å². The molecular weight excluding hydrogens is 222 g/mol. The van der Waals surface area contributed by atoms with Crippen LogP contribution in [0.4, 0.5) is 5.69 Å². The van der Waals surface area contributed by atoms with Crippen LogP contribution in [0.2, 0.25) is 0 Å². The van der Waals surface area contributed by atoms with E-state index in [1.807, 2.05) is 6.07 Å². The van der Waals surface area contributed by atoms with Gasteiger partial charge in [-0.1, -0.05) is 12.1 Å². The average Bonchev–Trinajstić information content (AvgIpc) is 2.72. The Hall–Kier alpha value is -1.06. The lowest BCUT2D eigenvalue weighted by atomic mass is 10.1. The Morgan fingerprint density at radius 1 is 1.39 bits per heavy atom. The van der Waals surface area contributed by atoms with Gasteiger partial charge >= 0.3 is 0 Å². The van der Waals surface area contributed by atoms with Gasteiger partial charge in [0, 0.05) is 24.8 Å². The molecule has 1 unspecified atom stereocenters. The van der Waals surface area contributed by atoms with Gasteiger partial charge in [-0.25, -0.2) is 0 Å². The zero-order valence-corrected chi connectivity index (χ0v) is 11.8. The van der Waals surface area contributed by atoms with Gasteiger partial charge in [0.05, 0.1) is 0 Å². The predicted octanol–water partition coefficient (Wildman–Crippen LogP) is 2.10. The number of nitrogen functional groups attached to an aromatic ring is 1. The lowest BCUT2D eigenvalue weighted by Crippen LogP contribution is -2.37. The van der Waals surface area contributed by atoms with Gasteiger partial charge in [0.2, 0.25) is 0 Å². The Bertz CT molecular complexity index is 401. The largest absolute Gasteiger partial charge is 0.399 e. The minimum atomic E-state index is 0.695. The van der Waals surface area contributed by atoms with Gasteiger partial charge < -0.3 is 10.6 Å². The molecule has 0 amide bonds. The van der Waals surface area contributed by atoms with Crippen LogP contribution in [0.3, 0.4) is 0 Å². The van der Waals surface area contributed by atoms with E-state index in [-0.39, 0.29) is 0 Å². The number of anilines is 1. The first-order valence-corrected chi connectivity index (χ1v) is 6.80. The van der Waals surface area contributed by atoms with E-state index in [2.05, 4.69) is 43.0 Å². The highest BCUT2D eigenvalue weighted by molar-refractivity contribution is 5.49. The fourth-order valence-corrected chi connectivity index (χ4v) is 2.82. The second-order valence-corrected chi connectivity index (χ2v) is 5.66. The number of nitrogens with zero attached hydrogens (tertiary/aromatic N) is 2. The Morgan fingerprint density at radius 2 is 2.17 bits per heavy atom. The summed E-state index contributed by atoms with van der Waals surface area (Å²) >= 11 is 0. The summed E-state index contributed by atoms with van der Waals surface area (Å²) in [7, 11) is 4.31. The molecule has 2 N–H and O–H groups in total. The van der Waals surface area contributed by atoms with Crippen LogP contribution in [0.5, 0.6) is 0 Å². The van der Waals surface area contributed by atoms with E-state index in [1.165, 1.54) is 30.5 Å². The second-order valence-electron chi connectivity index (χ2n) is 5.66. The van der Waals surface area contributed by atoms with Crippen LogP contribution >= 0.6 is 0 Å². The molecular formula is C15H25N3. The maximum atomic E-state index is 5.98. The second kappa shape index (κ2) is 5.72. The Balaban J connectivity index is 2.06. The van der Waals surface area contributed by atoms with Crippen LogP contribution in [-0.2, 0) is 6.54 Å². The monoisotopic (exact) mass is 247 g/mol. The maximum absolute atomic E-state index is 5.98. The molecule has 1 heterocycles. The molecule has 18 heavy (non-hydrogen) atoms. The highest BCUT2D eigenvalue weighted by Gasteiger charge is 2.25. The van der Waals surface area contributed by atoms with Crippen molar-refractivity contribution in [2.45, 2.75) is 32.4 Å². The van der Waals surface area contributed by atoms with Gasteiger partial charge in [0.15, 0.2) is 0 Å². The molecule has 0 spiro atoms.